The van der Waals surface area contributed by atoms with Gasteiger partial charge in [0.05, 0.1) is 23.7 Å². The van der Waals surface area contributed by atoms with E-state index in [1.165, 1.54) is 24.1 Å². The monoisotopic (exact) mass is 529 g/mol. The number of carbonyl (C=O) groups excluding carboxylic acids is 2. The van der Waals surface area contributed by atoms with Gasteiger partial charge in [0.2, 0.25) is 0 Å². The van der Waals surface area contributed by atoms with Gasteiger partial charge in [-0.05, 0) is 60.5 Å². The minimum absolute atomic E-state index is 0.0765. The highest BCUT2D eigenvalue weighted by Gasteiger charge is 2.47. The van der Waals surface area contributed by atoms with E-state index >= 15 is 0 Å². The molecule has 1 N–H and O–H groups in total. The van der Waals surface area contributed by atoms with Crippen molar-refractivity contribution in [1.29, 1.82) is 0 Å². The minimum Gasteiger partial charge on any atom is -0.507 e. The van der Waals surface area contributed by atoms with Crippen LogP contribution in [-0.4, -0.2) is 23.9 Å². The molecule has 1 aliphatic heterocycles. The van der Waals surface area contributed by atoms with E-state index in [-0.39, 0.29) is 22.0 Å². The molecule has 1 fully saturated rings. The maximum atomic E-state index is 13.8. The standard InChI is InChI=1S/C25H18BrClFNO4/c1-13-11-15(5-9-18(13)26)23(30)21-22(14-3-7-17(33-2)8-4-14)29(25(32)24(21)31)16-6-10-20(28)19(27)12-16/h3-12,22,30H,1-2H3/b23-21+. The maximum absolute atomic E-state index is 13.8. The summed E-state index contributed by atoms with van der Waals surface area (Å²) >= 11 is 9.37. The van der Waals surface area contributed by atoms with Crippen molar-refractivity contribution in [3.8, 4) is 5.75 Å². The van der Waals surface area contributed by atoms with Gasteiger partial charge in [0.1, 0.15) is 17.3 Å². The average Bonchev–Trinajstić information content (AvgIpc) is 3.07. The average molecular weight is 531 g/mol. The van der Waals surface area contributed by atoms with E-state index in [0.29, 0.717) is 16.9 Å². The van der Waals surface area contributed by atoms with Crippen LogP contribution < -0.4 is 9.64 Å². The highest BCUT2D eigenvalue weighted by molar-refractivity contribution is 9.10. The molecule has 1 saturated heterocycles. The Morgan fingerprint density at radius 3 is 2.39 bits per heavy atom. The van der Waals surface area contributed by atoms with Crippen LogP contribution in [-0.2, 0) is 9.59 Å². The first-order valence-corrected chi connectivity index (χ1v) is 11.1. The number of anilines is 1. The number of amides is 1. The molecular formula is C25H18BrClFNO4. The van der Waals surface area contributed by atoms with Crippen LogP contribution in [0.2, 0.25) is 5.02 Å². The van der Waals surface area contributed by atoms with E-state index in [4.69, 9.17) is 16.3 Å². The van der Waals surface area contributed by atoms with Gasteiger partial charge in [0.15, 0.2) is 0 Å². The predicted molar refractivity (Wildman–Crippen MR) is 128 cm³/mol. The lowest BCUT2D eigenvalue weighted by atomic mass is 9.94. The number of hydrogen-bond donors (Lipinski definition) is 1. The number of aliphatic hydroxyl groups excluding tert-OH is 1. The third kappa shape index (κ3) is 4.14. The van der Waals surface area contributed by atoms with E-state index < -0.39 is 23.5 Å². The quantitative estimate of drug-likeness (QED) is 0.248. The van der Waals surface area contributed by atoms with Gasteiger partial charge < -0.3 is 9.84 Å². The molecule has 0 aromatic heterocycles. The summed E-state index contributed by atoms with van der Waals surface area (Å²) in [6, 6.07) is 14.7. The molecule has 5 nitrogen and oxygen atoms in total. The summed E-state index contributed by atoms with van der Waals surface area (Å²) in [6.45, 7) is 1.85. The smallest absolute Gasteiger partial charge is 0.300 e. The molecule has 0 saturated carbocycles. The summed E-state index contributed by atoms with van der Waals surface area (Å²) in [5.41, 5.74) is 1.96. The van der Waals surface area contributed by atoms with Gasteiger partial charge in [-0.15, -0.1) is 0 Å². The molecule has 0 bridgehead atoms. The Labute approximate surface area is 203 Å². The molecule has 1 amide bonds. The summed E-state index contributed by atoms with van der Waals surface area (Å²) in [6.07, 6.45) is 0. The van der Waals surface area contributed by atoms with Crippen molar-refractivity contribution >= 4 is 50.7 Å². The zero-order valence-corrected chi connectivity index (χ0v) is 19.9. The number of hydrogen-bond acceptors (Lipinski definition) is 4. The van der Waals surface area contributed by atoms with Gasteiger partial charge in [0, 0.05) is 15.7 Å². The highest BCUT2D eigenvalue weighted by Crippen LogP contribution is 2.43. The van der Waals surface area contributed by atoms with Crippen molar-refractivity contribution in [3.63, 3.8) is 0 Å². The van der Waals surface area contributed by atoms with Crippen LogP contribution in [0.1, 0.15) is 22.7 Å². The number of aryl methyl sites for hydroxylation is 1. The highest BCUT2D eigenvalue weighted by atomic mass is 79.9. The molecule has 4 rings (SSSR count). The molecule has 8 heteroatoms. The van der Waals surface area contributed by atoms with Crippen molar-refractivity contribution in [2.45, 2.75) is 13.0 Å². The van der Waals surface area contributed by atoms with Crippen LogP contribution in [0.5, 0.6) is 5.75 Å². The number of aliphatic hydroxyl groups is 1. The number of benzene rings is 3. The zero-order chi connectivity index (χ0) is 23.9. The summed E-state index contributed by atoms with van der Waals surface area (Å²) < 4.78 is 19.8. The molecule has 0 spiro atoms. The third-order valence-corrected chi connectivity index (χ3v) is 6.67. The SMILES string of the molecule is COc1ccc(C2/C(=C(\O)c3ccc(Br)c(C)c3)C(=O)C(=O)N2c2ccc(F)c(Cl)c2)cc1. The van der Waals surface area contributed by atoms with Crippen LogP contribution in [0.15, 0.2) is 70.7 Å². The molecule has 1 unspecified atom stereocenters. The van der Waals surface area contributed by atoms with Gasteiger partial charge in [-0.25, -0.2) is 4.39 Å². The minimum atomic E-state index is -0.957. The van der Waals surface area contributed by atoms with Gasteiger partial charge in [-0.1, -0.05) is 45.7 Å². The van der Waals surface area contributed by atoms with Gasteiger partial charge >= 0.3 is 0 Å². The number of ether oxygens (including phenoxy) is 1. The molecule has 0 radical (unpaired) electrons. The van der Waals surface area contributed by atoms with Crippen molar-refractivity contribution < 1.29 is 23.8 Å². The molecule has 3 aromatic carbocycles. The molecule has 3 aromatic rings. The Hall–Kier alpha value is -3.16. The summed E-state index contributed by atoms with van der Waals surface area (Å²) in [4.78, 5) is 27.5. The van der Waals surface area contributed by atoms with E-state index in [2.05, 4.69) is 15.9 Å². The number of Topliss-reactive ketones (excluding diaryl/α,β-unsaturated/α-hetero) is 1. The molecule has 168 valence electrons. The van der Waals surface area contributed by atoms with E-state index in [1.54, 1.807) is 42.5 Å². The number of halogens is 3. The first-order chi connectivity index (χ1) is 15.7. The fourth-order valence-corrected chi connectivity index (χ4v) is 4.20. The Kier molecular flexibility index (Phi) is 6.28. The van der Waals surface area contributed by atoms with E-state index in [0.717, 1.165) is 16.1 Å². The Bertz CT molecular complexity index is 1310. The van der Waals surface area contributed by atoms with Crippen molar-refractivity contribution in [3.05, 3.63) is 98.2 Å². The Morgan fingerprint density at radius 2 is 1.79 bits per heavy atom. The van der Waals surface area contributed by atoms with Crippen molar-refractivity contribution in [1.82, 2.24) is 0 Å². The fraction of sp³-hybridized carbons (Fsp3) is 0.120. The lowest BCUT2D eigenvalue weighted by molar-refractivity contribution is -0.132. The molecule has 1 aliphatic rings. The van der Waals surface area contributed by atoms with E-state index in [9.17, 15) is 19.1 Å². The first-order valence-electron chi connectivity index (χ1n) is 9.89. The fourth-order valence-electron chi connectivity index (χ4n) is 3.78. The molecule has 33 heavy (non-hydrogen) atoms. The third-order valence-electron chi connectivity index (χ3n) is 5.49. The van der Waals surface area contributed by atoms with Gasteiger partial charge in [0.25, 0.3) is 11.7 Å². The molecule has 1 heterocycles. The summed E-state index contributed by atoms with van der Waals surface area (Å²) in [5, 5.41) is 11.0. The second kappa shape index (κ2) is 9.00. The molecule has 0 aliphatic carbocycles. The van der Waals surface area contributed by atoms with Crippen molar-refractivity contribution in [2.24, 2.45) is 0 Å². The van der Waals surface area contributed by atoms with E-state index in [1.807, 2.05) is 6.92 Å². The molecule has 1 atom stereocenters. The van der Waals surface area contributed by atoms with Crippen LogP contribution in [0.3, 0.4) is 0 Å². The van der Waals surface area contributed by atoms with Crippen LogP contribution in [0, 0.1) is 12.7 Å². The Balaban J connectivity index is 1.95. The molecular weight excluding hydrogens is 513 g/mol. The summed E-state index contributed by atoms with van der Waals surface area (Å²) in [7, 11) is 1.53. The van der Waals surface area contributed by atoms with Gasteiger partial charge in [-0.3, -0.25) is 14.5 Å². The second-order valence-electron chi connectivity index (χ2n) is 7.50. The lowest BCUT2D eigenvalue weighted by Gasteiger charge is -2.25. The largest absolute Gasteiger partial charge is 0.507 e. The summed E-state index contributed by atoms with van der Waals surface area (Å²) in [5.74, 6) is -2.07. The number of rotatable bonds is 4. The number of ketones is 1. The van der Waals surface area contributed by atoms with Crippen LogP contribution in [0.4, 0.5) is 10.1 Å². The zero-order valence-electron chi connectivity index (χ0n) is 17.6. The topological polar surface area (TPSA) is 66.8 Å². The number of methoxy groups -OCH3 is 1. The maximum Gasteiger partial charge on any atom is 0.300 e. The predicted octanol–water partition coefficient (Wildman–Crippen LogP) is 6.18. The normalized spacial score (nSPS) is 17.5. The Morgan fingerprint density at radius 1 is 1.09 bits per heavy atom. The van der Waals surface area contributed by atoms with Crippen LogP contribution in [0.25, 0.3) is 5.76 Å². The second-order valence-corrected chi connectivity index (χ2v) is 8.77. The van der Waals surface area contributed by atoms with Crippen molar-refractivity contribution in [2.75, 3.05) is 12.0 Å². The van der Waals surface area contributed by atoms with Gasteiger partial charge in [-0.2, -0.15) is 0 Å². The number of carbonyl (C=O) groups is 2. The lowest BCUT2D eigenvalue weighted by Crippen LogP contribution is -2.29. The van der Waals surface area contributed by atoms with Crippen LogP contribution >= 0.6 is 27.5 Å². The number of nitrogens with zero attached hydrogens (tertiary/aromatic N) is 1. The first kappa shape index (κ1) is 23.0.